The maximum Gasteiger partial charge on any atom is 0.0346 e. The van der Waals surface area contributed by atoms with E-state index in [0.29, 0.717) is 0 Å². The van der Waals surface area contributed by atoms with Crippen LogP contribution in [0.15, 0.2) is 24.3 Å². The Kier molecular flexibility index (Phi) is 4.65. The van der Waals surface area contributed by atoms with E-state index in [9.17, 15) is 0 Å². The first-order chi connectivity index (χ1) is 8.68. The quantitative estimate of drug-likeness (QED) is 0.824. The van der Waals surface area contributed by atoms with Crippen molar-refractivity contribution < 1.29 is 0 Å². The predicted molar refractivity (Wildman–Crippen MR) is 78.7 cm³/mol. The Morgan fingerprint density at radius 2 is 1.83 bits per heavy atom. The van der Waals surface area contributed by atoms with E-state index in [0.717, 1.165) is 24.2 Å². The fourth-order valence-electron chi connectivity index (χ4n) is 3.13. The van der Waals surface area contributed by atoms with Crippen molar-refractivity contribution in [3.8, 4) is 0 Å². The highest BCUT2D eigenvalue weighted by Gasteiger charge is 2.23. The molecule has 0 aliphatic carbocycles. The first-order valence-electron chi connectivity index (χ1n) is 7.27. The lowest BCUT2D eigenvalue weighted by atomic mass is 9.97. The van der Waals surface area contributed by atoms with Crippen LogP contribution in [-0.4, -0.2) is 23.5 Å². The van der Waals surface area contributed by atoms with E-state index in [2.05, 4.69) is 30.9 Å². The van der Waals surface area contributed by atoms with Crippen LogP contribution in [0.4, 0.5) is 5.69 Å². The highest BCUT2D eigenvalue weighted by molar-refractivity contribution is 5.46. The molecule has 1 aromatic rings. The number of nitrogens with zero attached hydrogens (tertiary/aromatic N) is 1. The van der Waals surface area contributed by atoms with E-state index >= 15 is 0 Å². The number of hydrogen-bond donors (Lipinski definition) is 1. The predicted octanol–water partition coefficient (Wildman–Crippen LogP) is 3.46. The highest BCUT2D eigenvalue weighted by Crippen LogP contribution is 2.23. The minimum atomic E-state index is 0.752. The maximum absolute atomic E-state index is 5.98. The number of aryl methyl sites for hydroxylation is 1. The van der Waals surface area contributed by atoms with Crippen LogP contribution in [0.25, 0.3) is 0 Å². The molecule has 1 aliphatic heterocycles. The molecule has 0 radical (unpaired) electrons. The summed E-state index contributed by atoms with van der Waals surface area (Å²) in [7, 11) is 0. The molecule has 2 heteroatoms. The van der Waals surface area contributed by atoms with Gasteiger partial charge in [-0.1, -0.05) is 24.6 Å². The van der Waals surface area contributed by atoms with Crippen molar-refractivity contribution in [2.75, 3.05) is 12.3 Å². The molecule has 0 saturated carbocycles. The standard InChI is InChI=1S/C16H26N2/c1-13-7-5-8-14(2)18(13)12-6-10-15-9-3-4-11-16(15)17/h3-4,9,11,13-14H,5-8,10,12,17H2,1-2H3/t13-,14+. The van der Waals surface area contributed by atoms with Gasteiger partial charge in [-0.25, -0.2) is 0 Å². The topological polar surface area (TPSA) is 29.3 Å². The van der Waals surface area contributed by atoms with Crippen molar-refractivity contribution >= 4 is 5.69 Å². The van der Waals surface area contributed by atoms with Crippen LogP contribution in [0.2, 0.25) is 0 Å². The zero-order valence-electron chi connectivity index (χ0n) is 11.7. The monoisotopic (exact) mass is 246 g/mol. The molecule has 0 unspecified atom stereocenters. The maximum atomic E-state index is 5.98. The number of benzene rings is 1. The summed E-state index contributed by atoms with van der Waals surface area (Å²) >= 11 is 0. The Bertz CT molecular complexity index is 365. The molecule has 0 bridgehead atoms. The number of para-hydroxylation sites is 1. The van der Waals surface area contributed by atoms with Crippen LogP contribution in [-0.2, 0) is 6.42 Å². The molecule has 2 rings (SSSR count). The third kappa shape index (κ3) is 3.26. The number of nitrogen functional groups attached to an aromatic ring is 1. The van der Waals surface area contributed by atoms with Crippen molar-refractivity contribution in [3.05, 3.63) is 29.8 Å². The lowest BCUT2D eigenvalue weighted by Gasteiger charge is -2.39. The second kappa shape index (κ2) is 6.24. The average Bonchev–Trinajstić information content (AvgIpc) is 2.35. The van der Waals surface area contributed by atoms with Crippen LogP contribution in [0.3, 0.4) is 0 Å². The summed E-state index contributed by atoms with van der Waals surface area (Å²) in [5.41, 5.74) is 8.22. The van der Waals surface area contributed by atoms with Gasteiger partial charge in [0.25, 0.3) is 0 Å². The van der Waals surface area contributed by atoms with Gasteiger partial charge in [0.2, 0.25) is 0 Å². The Morgan fingerprint density at radius 1 is 1.17 bits per heavy atom. The molecule has 1 aliphatic rings. The summed E-state index contributed by atoms with van der Waals surface area (Å²) in [6.07, 6.45) is 6.42. The summed E-state index contributed by atoms with van der Waals surface area (Å²) in [5.74, 6) is 0. The van der Waals surface area contributed by atoms with E-state index in [1.165, 1.54) is 37.8 Å². The SMILES string of the molecule is C[C@@H]1CCC[C@H](C)N1CCCc1ccccc1N. The molecule has 1 heterocycles. The van der Waals surface area contributed by atoms with E-state index in [-0.39, 0.29) is 0 Å². The summed E-state index contributed by atoms with van der Waals surface area (Å²) in [4.78, 5) is 2.67. The minimum absolute atomic E-state index is 0.752. The highest BCUT2D eigenvalue weighted by atomic mass is 15.2. The molecule has 1 saturated heterocycles. The van der Waals surface area contributed by atoms with Crippen molar-refractivity contribution in [1.82, 2.24) is 4.90 Å². The largest absolute Gasteiger partial charge is 0.399 e. The van der Waals surface area contributed by atoms with Crippen LogP contribution >= 0.6 is 0 Å². The summed E-state index contributed by atoms with van der Waals surface area (Å²) in [5, 5.41) is 0. The molecule has 100 valence electrons. The van der Waals surface area contributed by atoms with Crippen molar-refractivity contribution in [2.45, 2.75) is 58.0 Å². The van der Waals surface area contributed by atoms with Crippen LogP contribution in [0.5, 0.6) is 0 Å². The molecule has 1 fully saturated rings. The van der Waals surface area contributed by atoms with Gasteiger partial charge in [0.15, 0.2) is 0 Å². The van der Waals surface area contributed by atoms with E-state index in [1.807, 2.05) is 12.1 Å². The second-order valence-electron chi connectivity index (χ2n) is 5.67. The van der Waals surface area contributed by atoms with Gasteiger partial charge in [-0.05, 0) is 57.7 Å². The van der Waals surface area contributed by atoms with Crippen LogP contribution in [0, 0.1) is 0 Å². The molecule has 0 spiro atoms. The first kappa shape index (κ1) is 13.4. The average molecular weight is 246 g/mol. The lowest BCUT2D eigenvalue weighted by molar-refractivity contribution is 0.102. The number of anilines is 1. The van der Waals surface area contributed by atoms with Gasteiger partial charge in [-0.3, -0.25) is 4.90 Å². The molecule has 18 heavy (non-hydrogen) atoms. The van der Waals surface area contributed by atoms with E-state index < -0.39 is 0 Å². The number of nitrogens with two attached hydrogens (primary N) is 1. The Labute approximate surface area is 111 Å². The zero-order chi connectivity index (χ0) is 13.0. The number of piperidine rings is 1. The van der Waals surface area contributed by atoms with E-state index in [4.69, 9.17) is 5.73 Å². The number of rotatable bonds is 4. The minimum Gasteiger partial charge on any atom is -0.399 e. The molecular formula is C16H26N2. The van der Waals surface area contributed by atoms with Gasteiger partial charge >= 0.3 is 0 Å². The Hall–Kier alpha value is -1.02. The molecule has 2 N–H and O–H groups in total. The third-order valence-electron chi connectivity index (χ3n) is 4.29. The summed E-state index contributed by atoms with van der Waals surface area (Å²) in [6.45, 7) is 5.94. The lowest BCUT2D eigenvalue weighted by Crippen LogP contribution is -2.44. The van der Waals surface area contributed by atoms with Crippen LogP contribution < -0.4 is 5.73 Å². The second-order valence-corrected chi connectivity index (χ2v) is 5.67. The van der Waals surface area contributed by atoms with Gasteiger partial charge in [-0.2, -0.15) is 0 Å². The van der Waals surface area contributed by atoms with Gasteiger partial charge in [0.05, 0.1) is 0 Å². The summed E-state index contributed by atoms with van der Waals surface area (Å²) < 4.78 is 0. The normalized spacial score (nSPS) is 25.2. The van der Waals surface area contributed by atoms with Crippen molar-refractivity contribution in [2.24, 2.45) is 0 Å². The van der Waals surface area contributed by atoms with Gasteiger partial charge in [0.1, 0.15) is 0 Å². The Morgan fingerprint density at radius 3 is 2.50 bits per heavy atom. The molecule has 0 aromatic heterocycles. The smallest absolute Gasteiger partial charge is 0.0346 e. The third-order valence-corrected chi connectivity index (χ3v) is 4.29. The number of likely N-dealkylation sites (tertiary alicyclic amines) is 1. The number of hydrogen-bond acceptors (Lipinski definition) is 2. The van der Waals surface area contributed by atoms with E-state index in [1.54, 1.807) is 0 Å². The molecule has 0 amide bonds. The van der Waals surface area contributed by atoms with Gasteiger partial charge in [-0.15, -0.1) is 0 Å². The first-order valence-corrected chi connectivity index (χ1v) is 7.27. The Balaban J connectivity index is 1.83. The molecule has 2 atom stereocenters. The van der Waals surface area contributed by atoms with Gasteiger partial charge in [0, 0.05) is 17.8 Å². The van der Waals surface area contributed by atoms with Gasteiger partial charge < -0.3 is 5.73 Å². The molecule has 2 nitrogen and oxygen atoms in total. The molecule has 1 aromatic carbocycles. The van der Waals surface area contributed by atoms with Crippen LogP contribution in [0.1, 0.15) is 45.1 Å². The zero-order valence-corrected chi connectivity index (χ0v) is 11.7. The fourth-order valence-corrected chi connectivity index (χ4v) is 3.13. The fraction of sp³-hybridized carbons (Fsp3) is 0.625. The van der Waals surface area contributed by atoms with Crippen molar-refractivity contribution in [1.29, 1.82) is 0 Å². The van der Waals surface area contributed by atoms with Crippen molar-refractivity contribution in [3.63, 3.8) is 0 Å². The summed E-state index contributed by atoms with van der Waals surface area (Å²) in [6, 6.07) is 9.74. The molecular weight excluding hydrogens is 220 g/mol.